The van der Waals surface area contributed by atoms with Crippen molar-refractivity contribution in [2.45, 2.75) is 19.4 Å². The molecule has 1 aromatic carbocycles. The van der Waals surface area contributed by atoms with E-state index in [0.717, 1.165) is 10.9 Å². The Labute approximate surface area is 114 Å². The number of aromatic nitrogens is 1. The van der Waals surface area contributed by atoms with Crippen LogP contribution in [-0.4, -0.2) is 32.1 Å². The molecule has 4 N–H and O–H groups in total. The van der Waals surface area contributed by atoms with E-state index >= 15 is 0 Å². The SMILES string of the molecule is C[C@@H](N)Cc1cn(C(=O)O)c2ccccc12.O=[N+]([O-])O. The Morgan fingerprint density at radius 1 is 1.50 bits per heavy atom. The predicted molar refractivity (Wildman–Crippen MR) is 71.5 cm³/mol. The van der Waals surface area contributed by atoms with Crippen LogP contribution in [0, 0.1) is 10.1 Å². The van der Waals surface area contributed by atoms with Gasteiger partial charge in [-0.15, -0.1) is 10.1 Å². The van der Waals surface area contributed by atoms with Gasteiger partial charge in [0.05, 0.1) is 5.52 Å². The molecule has 0 amide bonds. The van der Waals surface area contributed by atoms with Crippen LogP contribution in [0.5, 0.6) is 0 Å². The number of hydrogen-bond donors (Lipinski definition) is 3. The average molecular weight is 281 g/mol. The summed E-state index contributed by atoms with van der Waals surface area (Å²) in [4.78, 5) is 19.4. The monoisotopic (exact) mass is 281 g/mol. The maximum Gasteiger partial charge on any atom is 0.416 e. The largest absolute Gasteiger partial charge is 0.464 e. The highest BCUT2D eigenvalue weighted by atomic mass is 16.9. The molecule has 0 aliphatic carbocycles. The van der Waals surface area contributed by atoms with Gasteiger partial charge in [0.2, 0.25) is 0 Å². The molecular weight excluding hydrogens is 266 g/mol. The number of benzene rings is 1. The number of hydrogen-bond acceptors (Lipinski definition) is 4. The summed E-state index contributed by atoms with van der Waals surface area (Å²) < 4.78 is 1.24. The molecule has 0 spiro atoms. The van der Waals surface area contributed by atoms with Crippen molar-refractivity contribution < 1.29 is 20.2 Å². The molecule has 108 valence electrons. The third kappa shape index (κ3) is 3.95. The zero-order valence-corrected chi connectivity index (χ0v) is 10.8. The summed E-state index contributed by atoms with van der Waals surface area (Å²) in [7, 11) is 0. The number of nitrogens with two attached hydrogens (primary N) is 1. The minimum absolute atomic E-state index is 0.0213. The highest BCUT2D eigenvalue weighted by molar-refractivity contribution is 5.91. The third-order valence-electron chi connectivity index (χ3n) is 2.54. The Kier molecular flexibility index (Phi) is 5.04. The molecular formula is C12H15N3O5. The first-order valence-electron chi connectivity index (χ1n) is 5.74. The van der Waals surface area contributed by atoms with Gasteiger partial charge < -0.3 is 16.0 Å². The van der Waals surface area contributed by atoms with Crippen LogP contribution in [-0.2, 0) is 6.42 Å². The van der Waals surface area contributed by atoms with E-state index in [0.29, 0.717) is 11.9 Å². The Hall–Kier alpha value is -2.61. The van der Waals surface area contributed by atoms with E-state index in [9.17, 15) is 4.79 Å². The highest BCUT2D eigenvalue weighted by Crippen LogP contribution is 2.22. The fraction of sp³-hybridized carbons (Fsp3) is 0.250. The first-order chi connectivity index (χ1) is 9.32. The standard InChI is InChI=1S/C12H14N2O2.HNO3/c1-8(13)6-9-7-14(12(15)16)11-5-3-2-4-10(9)11;2-1(3)4/h2-5,7-8H,6,13H2,1H3,(H,15,16);(H,2,3,4)/t8-;/m1./s1. The Bertz CT molecular complexity index is 617. The second-order valence-electron chi connectivity index (χ2n) is 4.24. The molecule has 20 heavy (non-hydrogen) atoms. The second kappa shape index (κ2) is 6.53. The first-order valence-corrected chi connectivity index (χ1v) is 5.74. The normalized spacial score (nSPS) is 11.5. The molecule has 0 aliphatic heterocycles. The first kappa shape index (κ1) is 15.4. The van der Waals surface area contributed by atoms with Gasteiger partial charge in [0.15, 0.2) is 0 Å². The lowest BCUT2D eigenvalue weighted by Crippen LogP contribution is -2.17. The molecule has 2 rings (SSSR count). The molecule has 0 saturated heterocycles. The lowest BCUT2D eigenvalue weighted by atomic mass is 10.1. The van der Waals surface area contributed by atoms with E-state index in [-0.39, 0.29) is 6.04 Å². The number of para-hydroxylation sites is 1. The lowest BCUT2D eigenvalue weighted by Gasteiger charge is -2.02. The lowest BCUT2D eigenvalue weighted by molar-refractivity contribution is -0.742. The quantitative estimate of drug-likeness (QED) is 0.567. The van der Waals surface area contributed by atoms with Gasteiger partial charge in [-0.1, -0.05) is 18.2 Å². The van der Waals surface area contributed by atoms with E-state index in [1.807, 2.05) is 25.1 Å². The molecule has 0 aliphatic rings. The van der Waals surface area contributed by atoms with Gasteiger partial charge in [-0.05, 0) is 25.0 Å². The highest BCUT2D eigenvalue weighted by Gasteiger charge is 2.12. The van der Waals surface area contributed by atoms with Gasteiger partial charge in [-0.3, -0.25) is 4.57 Å². The van der Waals surface area contributed by atoms with E-state index in [1.165, 1.54) is 4.57 Å². The van der Waals surface area contributed by atoms with Crippen LogP contribution in [0.15, 0.2) is 30.5 Å². The maximum absolute atomic E-state index is 11.0. The van der Waals surface area contributed by atoms with Crippen molar-refractivity contribution >= 4 is 17.0 Å². The Balaban J connectivity index is 0.000000444. The number of nitrogens with zero attached hydrogens (tertiary/aromatic N) is 2. The van der Waals surface area contributed by atoms with Crippen molar-refractivity contribution in [3.63, 3.8) is 0 Å². The predicted octanol–water partition coefficient (Wildman–Crippen LogP) is 1.71. The van der Waals surface area contributed by atoms with Gasteiger partial charge in [0.1, 0.15) is 0 Å². The fourth-order valence-electron chi connectivity index (χ4n) is 1.92. The van der Waals surface area contributed by atoms with Gasteiger partial charge >= 0.3 is 6.09 Å². The molecule has 0 bridgehead atoms. The van der Waals surface area contributed by atoms with Crippen molar-refractivity contribution in [1.29, 1.82) is 0 Å². The van der Waals surface area contributed by atoms with Crippen molar-refractivity contribution in [3.8, 4) is 0 Å². The summed E-state index contributed by atoms with van der Waals surface area (Å²) in [5.74, 6) is 0. The topological polar surface area (TPSA) is 132 Å². The summed E-state index contributed by atoms with van der Waals surface area (Å²) in [5, 5.41) is 23.7. The van der Waals surface area contributed by atoms with Crippen LogP contribution in [0.4, 0.5) is 4.79 Å². The van der Waals surface area contributed by atoms with Crippen LogP contribution in [0.2, 0.25) is 0 Å². The van der Waals surface area contributed by atoms with Crippen molar-refractivity contribution in [1.82, 2.24) is 4.57 Å². The summed E-state index contributed by atoms with van der Waals surface area (Å²) in [6.45, 7) is 1.91. The number of fused-ring (bicyclic) bond motifs is 1. The fourth-order valence-corrected chi connectivity index (χ4v) is 1.92. The molecule has 8 heteroatoms. The van der Waals surface area contributed by atoms with E-state index in [2.05, 4.69) is 0 Å². The summed E-state index contributed by atoms with van der Waals surface area (Å²) in [6, 6.07) is 7.48. The van der Waals surface area contributed by atoms with Gasteiger partial charge in [0, 0.05) is 17.6 Å². The summed E-state index contributed by atoms with van der Waals surface area (Å²) in [5.41, 5.74) is 7.44. The molecule has 0 unspecified atom stereocenters. The minimum Gasteiger partial charge on any atom is -0.464 e. The van der Waals surface area contributed by atoms with Crippen molar-refractivity contribution in [2.75, 3.05) is 0 Å². The molecule has 2 aromatic rings. The van der Waals surface area contributed by atoms with Gasteiger partial charge in [-0.2, -0.15) is 0 Å². The van der Waals surface area contributed by atoms with Crippen molar-refractivity contribution in [2.24, 2.45) is 5.73 Å². The molecule has 0 fully saturated rings. The molecule has 0 radical (unpaired) electrons. The number of carboxylic acid groups (broad SMARTS) is 1. The smallest absolute Gasteiger partial charge is 0.416 e. The molecule has 1 atom stereocenters. The van der Waals surface area contributed by atoms with E-state index in [4.69, 9.17) is 26.2 Å². The number of carbonyl (C=O) groups is 1. The Morgan fingerprint density at radius 2 is 2.05 bits per heavy atom. The Morgan fingerprint density at radius 3 is 2.55 bits per heavy atom. The van der Waals surface area contributed by atoms with E-state index in [1.54, 1.807) is 12.3 Å². The zero-order valence-electron chi connectivity index (χ0n) is 10.8. The van der Waals surface area contributed by atoms with Crippen LogP contribution in [0.1, 0.15) is 12.5 Å². The molecule has 0 saturated carbocycles. The van der Waals surface area contributed by atoms with Crippen LogP contribution in [0.3, 0.4) is 0 Å². The van der Waals surface area contributed by atoms with Crippen LogP contribution in [0.25, 0.3) is 10.9 Å². The second-order valence-corrected chi connectivity index (χ2v) is 4.24. The molecule has 1 aromatic heterocycles. The number of rotatable bonds is 2. The summed E-state index contributed by atoms with van der Waals surface area (Å²) >= 11 is 0. The average Bonchev–Trinajstić information content (AvgIpc) is 2.67. The third-order valence-corrected chi connectivity index (χ3v) is 2.54. The minimum atomic E-state index is -1.50. The van der Waals surface area contributed by atoms with Crippen LogP contribution < -0.4 is 5.73 Å². The maximum atomic E-state index is 11.0. The molecule has 8 nitrogen and oxygen atoms in total. The van der Waals surface area contributed by atoms with Gasteiger partial charge in [0.25, 0.3) is 5.09 Å². The summed E-state index contributed by atoms with van der Waals surface area (Å²) in [6.07, 6.45) is 1.36. The van der Waals surface area contributed by atoms with E-state index < -0.39 is 11.2 Å². The van der Waals surface area contributed by atoms with Crippen LogP contribution >= 0.6 is 0 Å². The zero-order chi connectivity index (χ0) is 15.3. The van der Waals surface area contributed by atoms with Crippen molar-refractivity contribution in [3.05, 3.63) is 46.1 Å². The van der Waals surface area contributed by atoms with Gasteiger partial charge in [-0.25, -0.2) is 4.79 Å². The molecule has 1 heterocycles.